The fraction of sp³-hybridized carbons (Fsp3) is 0.529. The Balaban J connectivity index is 1.19. The van der Waals surface area contributed by atoms with Crippen molar-refractivity contribution in [3.05, 3.63) is 58.7 Å². The molecule has 8 nitrogen and oxygen atoms in total. The van der Waals surface area contributed by atoms with Gasteiger partial charge in [-0.2, -0.15) is 0 Å². The lowest BCUT2D eigenvalue weighted by Gasteiger charge is -2.56. The fourth-order valence-electron chi connectivity index (χ4n) is 11.0. The second kappa shape index (κ2) is 7.53. The number of phenols is 2. The van der Waals surface area contributed by atoms with E-state index in [1.807, 2.05) is 12.2 Å². The first-order valence-corrected chi connectivity index (χ1v) is 15.5. The van der Waals surface area contributed by atoms with Gasteiger partial charge in [0.05, 0.1) is 0 Å². The van der Waals surface area contributed by atoms with Crippen LogP contribution in [0.1, 0.15) is 35.1 Å². The van der Waals surface area contributed by atoms with Gasteiger partial charge in [-0.15, -0.1) is 0 Å². The van der Waals surface area contributed by atoms with Gasteiger partial charge in [0.2, 0.25) is 0 Å². The standard InChI is InChI=1S/C34H36N2O6/c1-35-9-7-33-19-3-5-23(37)31(33)41-29-25(33)15(13-21(19)35)11-17(27(29)39)18-12-16-14-22-20-4-6-24(38)32-34(20,8-10-36(22)2)26(16)30(42-32)28(18)40/h3-6,11-12,19-24,31-32,37-40H,7-10,13-14H2,1-2H3/t19-,20+,21-,22-,23-,24+,31-,32+,33+,34-/m0/s1. The molecule has 10 rings (SSSR count). The minimum absolute atomic E-state index is 0.0181. The van der Waals surface area contributed by atoms with E-state index in [0.29, 0.717) is 22.6 Å². The zero-order chi connectivity index (χ0) is 28.4. The molecule has 2 spiro atoms. The summed E-state index contributed by atoms with van der Waals surface area (Å²) in [5.41, 5.74) is 4.66. The van der Waals surface area contributed by atoms with Gasteiger partial charge in [0.25, 0.3) is 0 Å². The molecule has 0 amide bonds. The molecule has 2 aromatic rings. The molecule has 0 unspecified atom stereocenters. The number of hydrogen-bond acceptors (Lipinski definition) is 8. The van der Waals surface area contributed by atoms with Crippen molar-refractivity contribution >= 4 is 0 Å². The molecule has 218 valence electrons. The number of likely N-dealkylation sites (N-methyl/N-ethyl adjacent to an activating group) is 2. The zero-order valence-corrected chi connectivity index (χ0v) is 23.8. The number of aliphatic hydroxyl groups excluding tert-OH is 2. The molecule has 0 radical (unpaired) electrons. The highest BCUT2D eigenvalue weighted by atomic mass is 16.5. The van der Waals surface area contributed by atoms with Gasteiger partial charge in [-0.25, -0.2) is 0 Å². The van der Waals surface area contributed by atoms with E-state index in [1.165, 1.54) is 0 Å². The van der Waals surface area contributed by atoms with Crippen LogP contribution in [0.15, 0.2) is 36.4 Å². The molecule has 0 saturated carbocycles. The lowest BCUT2D eigenvalue weighted by molar-refractivity contribution is -0.0453. The van der Waals surface area contributed by atoms with Crippen LogP contribution in [0, 0.1) is 11.8 Å². The van der Waals surface area contributed by atoms with Crippen LogP contribution in [0.5, 0.6) is 23.0 Å². The maximum Gasteiger partial charge on any atom is 0.166 e. The van der Waals surface area contributed by atoms with Crippen molar-refractivity contribution in [2.24, 2.45) is 11.8 Å². The molecule has 8 aliphatic rings. The Morgan fingerprint density at radius 3 is 1.55 bits per heavy atom. The van der Waals surface area contributed by atoms with Crippen molar-refractivity contribution in [1.82, 2.24) is 9.80 Å². The van der Waals surface area contributed by atoms with Crippen LogP contribution in [0.25, 0.3) is 11.1 Å². The molecule has 8 heteroatoms. The third-order valence-corrected chi connectivity index (χ3v) is 12.8. The Morgan fingerprint density at radius 2 is 1.12 bits per heavy atom. The van der Waals surface area contributed by atoms with E-state index < -0.39 is 24.4 Å². The molecular formula is C34H36N2O6. The van der Waals surface area contributed by atoms with Gasteiger partial charge >= 0.3 is 0 Å². The minimum atomic E-state index is -0.746. The number of ether oxygens (including phenoxy) is 2. The first-order valence-electron chi connectivity index (χ1n) is 15.5. The number of piperidine rings is 2. The summed E-state index contributed by atoms with van der Waals surface area (Å²) in [6, 6.07) is 4.65. The molecule has 0 aromatic heterocycles. The highest BCUT2D eigenvalue weighted by molar-refractivity contribution is 5.85. The number of hydrogen-bond donors (Lipinski definition) is 4. The lowest BCUT2D eigenvalue weighted by atomic mass is 9.53. The number of nitrogens with zero attached hydrogens (tertiary/aromatic N) is 2. The van der Waals surface area contributed by atoms with Crippen LogP contribution in [0.4, 0.5) is 0 Å². The van der Waals surface area contributed by atoms with E-state index in [9.17, 15) is 20.4 Å². The predicted molar refractivity (Wildman–Crippen MR) is 154 cm³/mol. The third-order valence-electron chi connectivity index (χ3n) is 12.8. The SMILES string of the molecule is CN1CC[C@]23c4c5cc(-c6cc7c8c(c6O)O[C@H]6[C@@H](O)C=C[C@H]9[C@H](C7)N(C)CC[C@]896)c(O)c4O[C@@H]2[C@H](O)C=C[C@@H]3[C@@H]1C5. The second-order valence-corrected chi connectivity index (χ2v) is 14.2. The first kappa shape index (κ1) is 24.4. The number of benzene rings is 2. The monoisotopic (exact) mass is 568 g/mol. The number of likely N-dealkylation sites (tertiary alicyclic amines) is 2. The van der Waals surface area contributed by atoms with Gasteiger partial charge in [-0.05, 0) is 76.1 Å². The lowest BCUT2D eigenvalue weighted by Crippen LogP contribution is -2.64. The molecule has 10 atom stereocenters. The normalized spacial score (nSPS) is 43.0. The molecule has 4 aliphatic carbocycles. The third kappa shape index (κ3) is 2.48. The van der Waals surface area contributed by atoms with Crippen LogP contribution in [-0.2, 0) is 23.7 Å². The average molecular weight is 569 g/mol. The summed E-state index contributed by atoms with van der Waals surface area (Å²) < 4.78 is 13.1. The van der Waals surface area contributed by atoms with E-state index in [4.69, 9.17) is 9.47 Å². The largest absolute Gasteiger partial charge is 0.504 e. The Kier molecular flexibility index (Phi) is 4.38. The van der Waals surface area contributed by atoms with Crippen molar-refractivity contribution in [1.29, 1.82) is 0 Å². The number of phenolic OH excluding ortho intramolecular Hbond substituents is 2. The number of aromatic hydroxyl groups is 2. The molecule has 2 fully saturated rings. The van der Waals surface area contributed by atoms with Crippen LogP contribution in [-0.4, -0.2) is 93.9 Å². The number of aliphatic hydroxyl groups is 2. The molecular weight excluding hydrogens is 532 g/mol. The summed E-state index contributed by atoms with van der Waals surface area (Å²) >= 11 is 0. The van der Waals surface area contributed by atoms with Gasteiger partial charge in [-0.1, -0.05) is 24.3 Å². The van der Waals surface area contributed by atoms with Crippen LogP contribution in [0.2, 0.25) is 0 Å². The summed E-state index contributed by atoms with van der Waals surface area (Å²) in [5, 5.41) is 46.0. The summed E-state index contributed by atoms with van der Waals surface area (Å²) in [5.74, 6) is 1.38. The molecule has 4 N–H and O–H groups in total. The quantitative estimate of drug-likeness (QED) is 0.389. The maximum absolute atomic E-state index is 11.9. The highest BCUT2D eigenvalue weighted by Crippen LogP contribution is 2.67. The van der Waals surface area contributed by atoms with Crippen molar-refractivity contribution in [2.45, 2.75) is 73.0 Å². The van der Waals surface area contributed by atoms with E-state index in [0.717, 1.165) is 61.0 Å². The first-order chi connectivity index (χ1) is 20.3. The zero-order valence-electron chi connectivity index (χ0n) is 23.8. The Morgan fingerprint density at radius 1 is 0.690 bits per heavy atom. The van der Waals surface area contributed by atoms with Crippen molar-refractivity contribution in [3.8, 4) is 34.1 Å². The molecule has 2 aromatic carbocycles. The second-order valence-electron chi connectivity index (χ2n) is 14.2. The smallest absolute Gasteiger partial charge is 0.166 e. The van der Waals surface area contributed by atoms with Crippen molar-refractivity contribution < 1.29 is 29.9 Å². The average Bonchev–Trinajstić information content (AvgIpc) is 3.52. The maximum atomic E-state index is 11.9. The van der Waals surface area contributed by atoms with Gasteiger partial charge in [-0.3, -0.25) is 0 Å². The summed E-state index contributed by atoms with van der Waals surface area (Å²) in [4.78, 5) is 4.83. The Hall–Kier alpha value is -3.04. The summed E-state index contributed by atoms with van der Waals surface area (Å²) in [7, 11) is 4.35. The van der Waals surface area contributed by atoms with Gasteiger partial charge in [0.1, 0.15) is 24.4 Å². The molecule has 4 aliphatic heterocycles. The minimum Gasteiger partial charge on any atom is -0.504 e. The van der Waals surface area contributed by atoms with Crippen LogP contribution in [0.3, 0.4) is 0 Å². The van der Waals surface area contributed by atoms with Crippen molar-refractivity contribution in [3.63, 3.8) is 0 Å². The summed E-state index contributed by atoms with van der Waals surface area (Å²) in [6.07, 6.45) is 9.02. The van der Waals surface area contributed by atoms with Gasteiger partial charge < -0.3 is 39.7 Å². The predicted octanol–water partition coefficient (Wildman–Crippen LogP) is 2.38. The molecule has 4 bridgehead atoms. The highest BCUT2D eigenvalue weighted by Gasteiger charge is 2.66. The van der Waals surface area contributed by atoms with Gasteiger partial charge in [0.15, 0.2) is 23.0 Å². The molecule has 42 heavy (non-hydrogen) atoms. The van der Waals surface area contributed by atoms with Crippen LogP contribution >= 0.6 is 0 Å². The van der Waals surface area contributed by atoms with Crippen molar-refractivity contribution in [2.75, 3.05) is 27.2 Å². The molecule has 2 saturated heterocycles. The Bertz CT molecular complexity index is 1550. The molecule has 4 heterocycles. The van der Waals surface area contributed by atoms with E-state index in [-0.39, 0.29) is 46.2 Å². The van der Waals surface area contributed by atoms with E-state index in [1.54, 1.807) is 0 Å². The van der Waals surface area contributed by atoms with Gasteiger partial charge in [0, 0.05) is 57.0 Å². The number of rotatable bonds is 1. The fourth-order valence-corrected chi connectivity index (χ4v) is 11.0. The van der Waals surface area contributed by atoms with E-state index in [2.05, 4.69) is 48.2 Å². The topological polar surface area (TPSA) is 106 Å². The summed E-state index contributed by atoms with van der Waals surface area (Å²) in [6.45, 7) is 1.82. The Labute approximate surface area is 244 Å². The van der Waals surface area contributed by atoms with E-state index >= 15 is 0 Å². The van der Waals surface area contributed by atoms with Crippen LogP contribution < -0.4 is 9.47 Å².